The number of rotatable bonds is 6. The number of halogens is 1. The van der Waals surface area contributed by atoms with Gasteiger partial charge >= 0.3 is 0 Å². The number of hydrogen-bond acceptors (Lipinski definition) is 4. The number of benzene rings is 1. The van der Waals surface area contributed by atoms with Crippen LogP contribution in [0, 0.1) is 5.82 Å². The fourth-order valence-corrected chi connectivity index (χ4v) is 2.28. The van der Waals surface area contributed by atoms with Gasteiger partial charge in [-0.15, -0.1) is 0 Å². The maximum atomic E-state index is 12.9. The van der Waals surface area contributed by atoms with Gasteiger partial charge in [-0.25, -0.2) is 14.4 Å². The van der Waals surface area contributed by atoms with Crippen molar-refractivity contribution in [2.75, 3.05) is 6.54 Å². The quantitative estimate of drug-likeness (QED) is 0.749. The molecule has 1 amide bonds. The molecule has 0 bridgehead atoms. The summed E-state index contributed by atoms with van der Waals surface area (Å²) in [6, 6.07) is 9.15. The van der Waals surface area contributed by atoms with Crippen molar-refractivity contribution in [3.8, 4) is 11.6 Å². The van der Waals surface area contributed by atoms with Gasteiger partial charge in [-0.2, -0.15) is 0 Å². The maximum absolute atomic E-state index is 12.9. The molecule has 0 aliphatic carbocycles. The van der Waals surface area contributed by atoms with Crippen molar-refractivity contribution in [1.82, 2.24) is 19.9 Å². The first-order valence-corrected chi connectivity index (χ1v) is 7.77. The van der Waals surface area contributed by atoms with Gasteiger partial charge in [-0.05, 0) is 43.3 Å². The van der Waals surface area contributed by atoms with Crippen molar-refractivity contribution in [3.05, 3.63) is 72.7 Å². The maximum Gasteiger partial charge on any atom is 0.255 e. The molecule has 2 heterocycles. The van der Waals surface area contributed by atoms with E-state index in [0.717, 1.165) is 0 Å². The van der Waals surface area contributed by atoms with Gasteiger partial charge in [0.2, 0.25) is 0 Å². The molecule has 0 aliphatic rings. The van der Waals surface area contributed by atoms with Crippen LogP contribution in [0.15, 0.2) is 61.3 Å². The molecule has 0 saturated heterocycles. The second-order valence-corrected chi connectivity index (χ2v) is 5.44. The molecule has 1 atom stereocenters. The predicted octanol–water partition coefficient (Wildman–Crippen LogP) is 2.60. The van der Waals surface area contributed by atoms with Crippen LogP contribution in [0.2, 0.25) is 0 Å². The monoisotopic (exact) mass is 340 g/mol. The van der Waals surface area contributed by atoms with Gasteiger partial charge in [0.15, 0.2) is 5.82 Å². The normalized spacial score (nSPS) is 11.8. The molecule has 128 valence electrons. The number of ether oxygens (including phenoxy) is 1. The van der Waals surface area contributed by atoms with Gasteiger partial charge in [0.05, 0.1) is 12.1 Å². The molecule has 7 heteroatoms. The fourth-order valence-electron chi connectivity index (χ4n) is 2.28. The number of amides is 1. The first-order valence-electron chi connectivity index (χ1n) is 7.77. The molecular weight excluding hydrogens is 323 g/mol. The van der Waals surface area contributed by atoms with Crippen molar-refractivity contribution < 1.29 is 13.9 Å². The van der Waals surface area contributed by atoms with Crippen LogP contribution in [0.25, 0.3) is 5.82 Å². The van der Waals surface area contributed by atoms with Crippen molar-refractivity contribution >= 4 is 5.91 Å². The van der Waals surface area contributed by atoms with E-state index < -0.39 is 0 Å². The highest BCUT2D eigenvalue weighted by molar-refractivity contribution is 5.97. The van der Waals surface area contributed by atoms with Crippen LogP contribution in [0.5, 0.6) is 5.75 Å². The second-order valence-electron chi connectivity index (χ2n) is 5.44. The molecule has 1 N–H and O–H groups in total. The van der Waals surface area contributed by atoms with Crippen molar-refractivity contribution in [1.29, 1.82) is 0 Å². The van der Waals surface area contributed by atoms with Crippen LogP contribution >= 0.6 is 0 Å². The lowest BCUT2D eigenvalue weighted by atomic mass is 10.2. The number of pyridine rings is 1. The molecule has 0 unspecified atom stereocenters. The summed E-state index contributed by atoms with van der Waals surface area (Å²) in [5, 5.41) is 2.82. The Kier molecular flexibility index (Phi) is 5.03. The Morgan fingerprint density at radius 1 is 1.28 bits per heavy atom. The van der Waals surface area contributed by atoms with Gasteiger partial charge in [0.1, 0.15) is 24.0 Å². The number of aromatic nitrogens is 3. The first kappa shape index (κ1) is 16.6. The van der Waals surface area contributed by atoms with Gasteiger partial charge in [-0.3, -0.25) is 9.36 Å². The number of carbonyl (C=O) groups excluding carboxylic acids is 1. The Morgan fingerprint density at radius 3 is 2.80 bits per heavy atom. The summed E-state index contributed by atoms with van der Waals surface area (Å²) in [5.74, 6) is 0.469. The van der Waals surface area contributed by atoms with Gasteiger partial charge in [-0.1, -0.05) is 0 Å². The first-order chi connectivity index (χ1) is 12.1. The third-order valence-corrected chi connectivity index (χ3v) is 3.48. The van der Waals surface area contributed by atoms with Crippen molar-refractivity contribution in [2.45, 2.75) is 13.0 Å². The van der Waals surface area contributed by atoms with Crippen LogP contribution in [0.3, 0.4) is 0 Å². The number of carbonyl (C=O) groups is 1. The predicted molar refractivity (Wildman–Crippen MR) is 90.2 cm³/mol. The van der Waals surface area contributed by atoms with E-state index >= 15 is 0 Å². The van der Waals surface area contributed by atoms with Gasteiger partial charge < -0.3 is 10.1 Å². The lowest BCUT2D eigenvalue weighted by molar-refractivity contribution is 0.0932. The average molecular weight is 340 g/mol. The molecular formula is C18H17FN4O2. The van der Waals surface area contributed by atoms with Crippen LogP contribution < -0.4 is 10.1 Å². The Bertz CT molecular complexity index is 835. The Balaban J connectivity index is 1.62. The lowest BCUT2D eigenvalue weighted by Crippen LogP contribution is -2.34. The fraction of sp³-hybridized carbons (Fsp3) is 0.167. The minimum Gasteiger partial charge on any atom is -0.489 e. The van der Waals surface area contributed by atoms with E-state index in [2.05, 4.69) is 15.3 Å². The SMILES string of the molecule is C[C@@H](CNC(=O)c1cccnc1-n1ccnc1)Oc1ccc(F)cc1. The zero-order valence-corrected chi connectivity index (χ0v) is 13.6. The summed E-state index contributed by atoms with van der Waals surface area (Å²) < 4.78 is 20.2. The average Bonchev–Trinajstić information content (AvgIpc) is 3.16. The summed E-state index contributed by atoms with van der Waals surface area (Å²) >= 11 is 0. The number of imidazole rings is 1. The number of nitrogens with one attached hydrogen (secondary N) is 1. The number of hydrogen-bond donors (Lipinski definition) is 1. The van der Waals surface area contributed by atoms with Gasteiger partial charge in [0, 0.05) is 18.6 Å². The van der Waals surface area contributed by atoms with E-state index in [0.29, 0.717) is 23.7 Å². The highest BCUT2D eigenvalue weighted by Gasteiger charge is 2.14. The van der Waals surface area contributed by atoms with E-state index in [-0.39, 0.29) is 17.8 Å². The Labute approximate surface area is 144 Å². The van der Waals surface area contributed by atoms with Crippen LogP contribution in [-0.4, -0.2) is 33.1 Å². The molecule has 2 aromatic heterocycles. The topological polar surface area (TPSA) is 69.0 Å². The third-order valence-electron chi connectivity index (χ3n) is 3.48. The molecule has 1 aromatic carbocycles. The second kappa shape index (κ2) is 7.57. The largest absolute Gasteiger partial charge is 0.489 e. The zero-order valence-electron chi connectivity index (χ0n) is 13.6. The summed E-state index contributed by atoms with van der Waals surface area (Å²) in [4.78, 5) is 20.7. The van der Waals surface area contributed by atoms with Crippen LogP contribution in [-0.2, 0) is 0 Å². The smallest absolute Gasteiger partial charge is 0.255 e. The number of nitrogens with zero attached hydrogens (tertiary/aromatic N) is 3. The molecule has 3 rings (SSSR count). The van der Waals surface area contributed by atoms with E-state index in [9.17, 15) is 9.18 Å². The highest BCUT2D eigenvalue weighted by atomic mass is 19.1. The summed E-state index contributed by atoms with van der Waals surface area (Å²) in [7, 11) is 0. The Morgan fingerprint density at radius 2 is 2.08 bits per heavy atom. The molecule has 0 saturated carbocycles. The van der Waals surface area contributed by atoms with E-state index in [1.165, 1.54) is 12.1 Å². The molecule has 25 heavy (non-hydrogen) atoms. The standard InChI is InChI=1S/C18H17FN4O2/c1-13(25-15-6-4-14(19)5-7-15)11-22-18(24)16-3-2-8-21-17(16)23-10-9-20-12-23/h2-10,12-13H,11H2,1H3,(H,22,24)/t13-/m0/s1. The van der Waals surface area contributed by atoms with Crippen LogP contribution in [0.1, 0.15) is 17.3 Å². The molecule has 0 aliphatic heterocycles. The molecule has 0 fully saturated rings. The molecule has 6 nitrogen and oxygen atoms in total. The van der Waals surface area contributed by atoms with E-state index in [4.69, 9.17) is 4.74 Å². The zero-order chi connectivity index (χ0) is 17.6. The lowest BCUT2D eigenvalue weighted by Gasteiger charge is -2.16. The minimum atomic E-state index is -0.322. The molecule has 0 spiro atoms. The van der Waals surface area contributed by atoms with Crippen molar-refractivity contribution in [3.63, 3.8) is 0 Å². The molecule has 0 radical (unpaired) electrons. The highest BCUT2D eigenvalue weighted by Crippen LogP contribution is 2.13. The van der Waals surface area contributed by atoms with E-state index in [1.54, 1.807) is 53.8 Å². The van der Waals surface area contributed by atoms with Gasteiger partial charge in [0.25, 0.3) is 5.91 Å². The van der Waals surface area contributed by atoms with Crippen molar-refractivity contribution in [2.24, 2.45) is 0 Å². The molecule has 3 aromatic rings. The van der Waals surface area contributed by atoms with E-state index in [1.807, 2.05) is 6.92 Å². The Hall–Kier alpha value is -3.22. The third kappa shape index (κ3) is 4.20. The summed E-state index contributed by atoms with van der Waals surface area (Å²) in [6.45, 7) is 2.12. The summed E-state index contributed by atoms with van der Waals surface area (Å²) in [6.07, 6.45) is 6.27. The minimum absolute atomic E-state index is 0.258. The summed E-state index contributed by atoms with van der Waals surface area (Å²) in [5.41, 5.74) is 0.439. The van der Waals surface area contributed by atoms with Crippen LogP contribution in [0.4, 0.5) is 4.39 Å².